The van der Waals surface area contributed by atoms with E-state index in [9.17, 15) is 19.2 Å². The Morgan fingerprint density at radius 1 is 1.03 bits per heavy atom. The van der Waals surface area contributed by atoms with E-state index >= 15 is 0 Å². The predicted octanol–water partition coefficient (Wildman–Crippen LogP) is 2.73. The minimum Gasteiger partial charge on any atom is -0.445 e. The van der Waals surface area contributed by atoms with E-state index in [2.05, 4.69) is 29.1 Å². The number of primary amides is 1. The van der Waals surface area contributed by atoms with Gasteiger partial charge in [-0.05, 0) is 51.2 Å². The fourth-order valence-corrected chi connectivity index (χ4v) is 3.00. The number of nitrogens with two attached hydrogens (primary N) is 1. The lowest BCUT2D eigenvalue weighted by molar-refractivity contribution is -0.128. The van der Waals surface area contributed by atoms with Crippen molar-refractivity contribution in [1.29, 1.82) is 0 Å². The lowest BCUT2D eigenvalue weighted by atomic mass is 10.0. The van der Waals surface area contributed by atoms with Crippen LogP contribution in [0.3, 0.4) is 0 Å². The molecule has 0 aromatic heterocycles. The van der Waals surface area contributed by atoms with Crippen LogP contribution in [0, 0.1) is 0 Å². The highest BCUT2D eigenvalue weighted by atomic mass is 16.6. The van der Waals surface area contributed by atoms with Gasteiger partial charge in [-0.3, -0.25) is 9.59 Å². The normalized spacial score (nSPS) is 12.4. The number of carbonyl (C=O) groups is 4. The third-order valence-electron chi connectivity index (χ3n) is 4.82. The summed E-state index contributed by atoms with van der Waals surface area (Å²) in [5.41, 5.74) is 6.20. The molecule has 4 amide bonds. The molecule has 0 heterocycles. The van der Waals surface area contributed by atoms with Crippen LogP contribution in [0.15, 0.2) is 55.1 Å². The third-order valence-corrected chi connectivity index (χ3v) is 4.82. The van der Waals surface area contributed by atoms with Gasteiger partial charge in [-0.2, -0.15) is 0 Å². The van der Waals surface area contributed by atoms with E-state index in [0.29, 0.717) is 25.0 Å². The summed E-state index contributed by atoms with van der Waals surface area (Å²) in [5.74, 6) is -1.28. The molecular formula is C26H38N4O6. The Bertz CT molecular complexity index is 911. The summed E-state index contributed by atoms with van der Waals surface area (Å²) in [6.07, 6.45) is 1.62. The molecule has 0 bridgehead atoms. The zero-order valence-electron chi connectivity index (χ0n) is 21.3. The number of benzene rings is 1. The molecule has 10 nitrogen and oxygen atoms in total. The number of alkyl carbamates (subject to hydrolysis) is 2. The molecule has 2 atom stereocenters. The fraction of sp³-hybridized carbons (Fsp3) is 0.462. The second kappa shape index (κ2) is 15.2. The summed E-state index contributed by atoms with van der Waals surface area (Å²) in [6, 6.07) is 7.14. The van der Waals surface area contributed by atoms with Gasteiger partial charge in [-0.25, -0.2) is 9.59 Å². The molecule has 36 heavy (non-hydrogen) atoms. The van der Waals surface area contributed by atoms with Gasteiger partial charge in [0.1, 0.15) is 24.3 Å². The number of hydrogen-bond donors (Lipinski definition) is 4. The zero-order valence-corrected chi connectivity index (χ0v) is 21.3. The van der Waals surface area contributed by atoms with Crippen molar-refractivity contribution in [2.45, 2.75) is 64.1 Å². The molecule has 1 aromatic carbocycles. The average Bonchev–Trinajstić information content (AvgIpc) is 2.80. The van der Waals surface area contributed by atoms with Crippen molar-refractivity contribution in [2.24, 2.45) is 5.73 Å². The van der Waals surface area contributed by atoms with Gasteiger partial charge in [-0.15, -0.1) is 0 Å². The Hall–Kier alpha value is -3.82. The van der Waals surface area contributed by atoms with Crippen LogP contribution in [-0.2, 0) is 25.5 Å². The van der Waals surface area contributed by atoms with Crippen molar-refractivity contribution in [2.75, 3.05) is 13.2 Å². The maximum Gasteiger partial charge on any atom is 0.408 e. The van der Waals surface area contributed by atoms with E-state index < -0.39 is 41.7 Å². The minimum atomic E-state index is -1.01. The minimum absolute atomic E-state index is 0.0732. The molecule has 0 spiro atoms. The zero-order chi connectivity index (χ0) is 27.1. The summed E-state index contributed by atoms with van der Waals surface area (Å²) in [4.78, 5) is 48.9. The first-order valence-electron chi connectivity index (χ1n) is 11.7. The van der Waals surface area contributed by atoms with Crippen molar-refractivity contribution in [3.05, 3.63) is 60.7 Å². The summed E-state index contributed by atoms with van der Waals surface area (Å²) in [7, 11) is 0. The number of carbonyl (C=O) groups excluding carboxylic acids is 4. The van der Waals surface area contributed by atoms with Crippen LogP contribution in [0.4, 0.5) is 9.59 Å². The van der Waals surface area contributed by atoms with E-state index in [-0.39, 0.29) is 19.4 Å². The first-order chi connectivity index (χ1) is 16.9. The van der Waals surface area contributed by atoms with Crippen LogP contribution in [0.2, 0.25) is 0 Å². The molecule has 0 saturated heterocycles. The Morgan fingerprint density at radius 3 is 2.28 bits per heavy atom. The van der Waals surface area contributed by atoms with Gasteiger partial charge in [0.15, 0.2) is 0 Å². The standard InChI is InChI=1S/C26H38N4O6/c1-6-18(2)17-35-25(34)30-21(16-19-12-8-7-9-13-19)23(32)29-20(22(27)31)14-10-11-15-28-24(33)36-26(3,4)5/h6-9,12-13,20-21H,1-2,10-11,14-17H2,3-5H3,(H2,27,31)(H,28,33)(H,29,32)(H,30,34). The molecule has 0 saturated carbocycles. The SMILES string of the molecule is C=CC(=C)COC(=O)NC(Cc1ccccc1)C(=O)NC(CCCCNC(=O)OC(C)(C)C)C(N)=O. The molecular weight excluding hydrogens is 464 g/mol. The molecule has 10 heteroatoms. The van der Waals surface area contributed by atoms with Crippen LogP contribution in [0.25, 0.3) is 0 Å². The fourth-order valence-electron chi connectivity index (χ4n) is 3.00. The quantitative estimate of drug-likeness (QED) is 0.227. The van der Waals surface area contributed by atoms with Gasteiger partial charge in [0.2, 0.25) is 11.8 Å². The molecule has 1 rings (SSSR count). The molecule has 0 aliphatic carbocycles. The Morgan fingerprint density at radius 2 is 1.69 bits per heavy atom. The number of hydrogen-bond acceptors (Lipinski definition) is 6. The molecule has 5 N–H and O–H groups in total. The van der Waals surface area contributed by atoms with Crippen molar-refractivity contribution >= 4 is 24.0 Å². The first kappa shape index (κ1) is 30.2. The van der Waals surface area contributed by atoms with E-state index in [4.69, 9.17) is 15.2 Å². The van der Waals surface area contributed by atoms with Crippen molar-refractivity contribution in [1.82, 2.24) is 16.0 Å². The Labute approximate surface area is 212 Å². The average molecular weight is 503 g/mol. The second-order valence-corrected chi connectivity index (χ2v) is 9.21. The number of ether oxygens (including phenoxy) is 2. The van der Waals surface area contributed by atoms with Crippen molar-refractivity contribution in [3.63, 3.8) is 0 Å². The summed E-state index contributed by atoms with van der Waals surface area (Å²) in [6.45, 7) is 12.8. The molecule has 198 valence electrons. The van der Waals surface area contributed by atoms with Crippen LogP contribution in [-0.4, -0.2) is 54.8 Å². The van der Waals surface area contributed by atoms with Crippen LogP contribution >= 0.6 is 0 Å². The Balaban J connectivity index is 2.69. The number of rotatable bonds is 14. The van der Waals surface area contributed by atoms with Gasteiger partial charge >= 0.3 is 12.2 Å². The van der Waals surface area contributed by atoms with E-state index in [0.717, 1.165) is 5.56 Å². The highest BCUT2D eigenvalue weighted by molar-refractivity contribution is 5.90. The van der Waals surface area contributed by atoms with E-state index in [1.54, 1.807) is 20.8 Å². The lowest BCUT2D eigenvalue weighted by Gasteiger charge is -2.22. The Kier molecular flexibility index (Phi) is 12.8. The van der Waals surface area contributed by atoms with E-state index in [1.807, 2.05) is 30.3 Å². The lowest BCUT2D eigenvalue weighted by Crippen LogP contribution is -2.53. The maximum absolute atomic E-state index is 13.0. The van der Waals surface area contributed by atoms with Crippen molar-refractivity contribution in [3.8, 4) is 0 Å². The molecule has 0 aliphatic heterocycles. The summed E-state index contributed by atoms with van der Waals surface area (Å²) >= 11 is 0. The smallest absolute Gasteiger partial charge is 0.408 e. The molecule has 0 radical (unpaired) electrons. The van der Waals surface area contributed by atoms with Gasteiger partial charge in [0.05, 0.1) is 0 Å². The third kappa shape index (κ3) is 13.2. The highest BCUT2D eigenvalue weighted by Crippen LogP contribution is 2.08. The molecule has 2 unspecified atom stereocenters. The van der Waals surface area contributed by atoms with Gasteiger partial charge < -0.3 is 31.2 Å². The summed E-state index contributed by atoms with van der Waals surface area (Å²) in [5, 5.41) is 7.79. The molecule has 0 aliphatic rings. The van der Waals surface area contributed by atoms with Crippen LogP contribution in [0.1, 0.15) is 45.6 Å². The monoisotopic (exact) mass is 502 g/mol. The predicted molar refractivity (Wildman–Crippen MR) is 137 cm³/mol. The van der Waals surface area contributed by atoms with Gasteiger partial charge in [0, 0.05) is 13.0 Å². The van der Waals surface area contributed by atoms with Gasteiger partial charge in [0.25, 0.3) is 0 Å². The highest BCUT2D eigenvalue weighted by Gasteiger charge is 2.26. The van der Waals surface area contributed by atoms with Gasteiger partial charge in [-0.1, -0.05) is 49.6 Å². The van der Waals surface area contributed by atoms with Crippen LogP contribution < -0.4 is 21.7 Å². The number of amides is 4. The largest absolute Gasteiger partial charge is 0.445 e. The van der Waals surface area contributed by atoms with Crippen molar-refractivity contribution < 1.29 is 28.7 Å². The first-order valence-corrected chi connectivity index (χ1v) is 11.7. The summed E-state index contributed by atoms with van der Waals surface area (Å²) < 4.78 is 10.2. The topological polar surface area (TPSA) is 149 Å². The second-order valence-electron chi connectivity index (χ2n) is 9.21. The number of unbranched alkanes of at least 4 members (excludes halogenated alkanes) is 1. The van der Waals surface area contributed by atoms with E-state index in [1.165, 1.54) is 6.08 Å². The number of nitrogens with one attached hydrogen (secondary N) is 3. The van der Waals surface area contributed by atoms with Crippen LogP contribution in [0.5, 0.6) is 0 Å². The molecule has 1 aromatic rings. The maximum atomic E-state index is 13.0. The molecule has 0 fully saturated rings.